The van der Waals surface area contributed by atoms with E-state index in [0.717, 1.165) is 12.7 Å². The zero-order valence-corrected chi connectivity index (χ0v) is 13.6. The fourth-order valence-corrected chi connectivity index (χ4v) is 2.33. The number of aryl methyl sites for hydroxylation is 1. The second-order valence-electron chi connectivity index (χ2n) is 4.98. The number of ketones is 1. The van der Waals surface area contributed by atoms with E-state index in [1.54, 1.807) is 26.0 Å². The Hall–Kier alpha value is -1.77. The summed E-state index contributed by atoms with van der Waals surface area (Å²) in [6.07, 6.45) is 0. The Morgan fingerprint density at radius 3 is 2.14 bits per heavy atom. The van der Waals surface area contributed by atoms with Gasteiger partial charge in [-0.15, -0.1) is 0 Å². The highest BCUT2D eigenvalue weighted by molar-refractivity contribution is 7.86. The van der Waals surface area contributed by atoms with Crippen molar-refractivity contribution in [2.24, 2.45) is 5.92 Å². The number of carbonyl (C=O) groups is 2. The minimum Gasteiger partial charge on any atom is -0.467 e. The molecular weight excluding hydrogens is 310 g/mol. The Kier molecular flexibility index (Phi) is 6.21. The number of methoxy groups -OCH3 is 1. The maximum Gasteiger partial charge on any atom is 0.332 e. The monoisotopic (exact) mass is 329 g/mol. The van der Waals surface area contributed by atoms with E-state index in [1.165, 1.54) is 12.1 Å². The van der Waals surface area contributed by atoms with Crippen molar-refractivity contribution in [1.82, 2.24) is 5.48 Å². The predicted molar refractivity (Wildman–Crippen MR) is 78.2 cm³/mol. The van der Waals surface area contributed by atoms with E-state index < -0.39 is 33.8 Å². The lowest BCUT2D eigenvalue weighted by atomic mass is 10.0. The van der Waals surface area contributed by atoms with Gasteiger partial charge in [-0.1, -0.05) is 31.5 Å². The molecule has 0 saturated heterocycles. The second kappa shape index (κ2) is 7.48. The first-order valence-electron chi connectivity index (χ1n) is 6.56. The highest BCUT2D eigenvalue weighted by Crippen LogP contribution is 2.13. The normalized spacial score (nSPS) is 13.0. The molecule has 7 nitrogen and oxygen atoms in total. The lowest BCUT2D eigenvalue weighted by molar-refractivity contribution is -0.150. The number of benzene rings is 1. The average molecular weight is 329 g/mol. The standard InChI is InChI=1S/C14H19NO6S/c1-9(2)13(16)12(14(17)20-4)15-21-22(18,19)11-7-5-10(3)6-8-11/h5-9,12,15H,1-4H3. The summed E-state index contributed by atoms with van der Waals surface area (Å²) in [6, 6.07) is 4.43. The second-order valence-corrected chi connectivity index (χ2v) is 6.53. The van der Waals surface area contributed by atoms with Gasteiger partial charge < -0.3 is 4.74 Å². The molecule has 0 aliphatic rings. The highest BCUT2D eigenvalue weighted by Gasteiger charge is 2.31. The van der Waals surface area contributed by atoms with Crippen LogP contribution in [0.25, 0.3) is 0 Å². The molecule has 1 N–H and O–H groups in total. The van der Waals surface area contributed by atoms with Gasteiger partial charge >= 0.3 is 16.1 Å². The molecule has 0 spiro atoms. The number of rotatable bonds is 7. The molecule has 0 saturated carbocycles. The van der Waals surface area contributed by atoms with E-state index in [9.17, 15) is 18.0 Å². The van der Waals surface area contributed by atoms with E-state index in [4.69, 9.17) is 0 Å². The largest absolute Gasteiger partial charge is 0.467 e. The molecular formula is C14H19NO6S. The van der Waals surface area contributed by atoms with Crippen LogP contribution in [0.2, 0.25) is 0 Å². The fourth-order valence-electron chi connectivity index (χ4n) is 1.54. The van der Waals surface area contributed by atoms with Crippen molar-refractivity contribution in [3.05, 3.63) is 29.8 Å². The summed E-state index contributed by atoms with van der Waals surface area (Å²) in [7, 11) is -3.05. The first kappa shape index (κ1) is 18.3. The van der Waals surface area contributed by atoms with E-state index in [2.05, 4.69) is 9.02 Å². The van der Waals surface area contributed by atoms with Crippen LogP contribution in [0.1, 0.15) is 19.4 Å². The van der Waals surface area contributed by atoms with Crippen LogP contribution >= 0.6 is 0 Å². The molecule has 0 aliphatic carbocycles. The molecule has 0 heterocycles. The number of nitrogens with one attached hydrogen (secondary N) is 1. The van der Waals surface area contributed by atoms with Gasteiger partial charge in [0.05, 0.1) is 12.0 Å². The van der Waals surface area contributed by atoms with E-state index in [1.807, 2.05) is 12.4 Å². The topological polar surface area (TPSA) is 98.8 Å². The van der Waals surface area contributed by atoms with Gasteiger partial charge in [0.25, 0.3) is 0 Å². The fraction of sp³-hybridized carbons (Fsp3) is 0.429. The Labute approximate surface area is 129 Å². The quantitative estimate of drug-likeness (QED) is 0.452. The first-order chi connectivity index (χ1) is 10.2. The van der Waals surface area contributed by atoms with Gasteiger partial charge in [0, 0.05) is 5.92 Å². The predicted octanol–water partition coefficient (Wildman–Crippen LogP) is 0.972. The summed E-state index contributed by atoms with van der Waals surface area (Å²) in [5, 5.41) is 0. The van der Waals surface area contributed by atoms with Crippen molar-refractivity contribution in [1.29, 1.82) is 0 Å². The molecule has 122 valence electrons. The van der Waals surface area contributed by atoms with Gasteiger partial charge in [-0.25, -0.2) is 4.79 Å². The Morgan fingerprint density at radius 1 is 1.14 bits per heavy atom. The minimum absolute atomic E-state index is 0.0915. The van der Waals surface area contributed by atoms with E-state index >= 15 is 0 Å². The number of hydrogen-bond donors (Lipinski definition) is 1. The van der Waals surface area contributed by atoms with E-state index in [0.29, 0.717) is 0 Å². The smallest absolute Gasteiger partial charge is 0.332 e. The van der Waals surface area contributed by atoms with Crippen LogP contribution in [0.5, 0.6) is 0 Å². The van der Waals surface area contributed by atoms with Gasteiger partial charge in [0.1, 0.15) is 0 Å². The maximum atomic E-state index is 12.0. The molecule has 1 unspecified atom stereocenters. The SMILES string of the molecule is COC(=O)C(NOS(=O)(=O)c1ccc(C)cc1)C(=O)C(C)C. The van der Waals surface area contributed by atoms with Crippen LogP contribution in [-0.2, 0) is 28.7 Å². The summed E-state index contributed by atoms with van der Waals surface area (Å²) in [4.78, 5) is 23.4. The van der Waals surface area contributed by atoms with Crippen molar-refractivity contribution < 1.29 is 27.0 Å². The van der Waals surface area contributed by atoms with Gasteiger partial charge in [0.15, 0.2) is 11.8 Å². The summed E-state index contributed by atoms with van der Waals surface area (Å²) >= 11 is 0. The number of Topliss-reactive ketones (excluding diaryl/α,β-unsaturated/α-hetero) is 1. The van der Waals surface area contributed by atoms with Crippen LogP contribution in [-0.4, -0.2) is 33.3 Å². The van der Waals surface area contributed by atoms with Gasteiger partial charge in [0.2, 0.25) is 0 Å². The number of ether oxygens (including phenoxy) is 1. The van der Waals surface area contributed by atoms with Gasteiger partial charge in [-0.2, -0.15) is 18.2 Å². The molecule has 0 bridgehead atoms. The Balaban J connectivity index is 2.90. The Morgan fingerprint density at radius 2 is 1.68 bits per heavy atom. The average Bonchev–Trinajstić information content (AvgIpc) is 2.47. The molecule has 8 heteroatoms. The molecule has 1 atom stereocenters. The molecule has 22 heavy (non-hydrogen) atoms. The third kappa shape index (κ3) is 4.62. The van der Waals surface area contributed by atoms with Crippen molar-refractivity contribution in [2.75, 3.05) is 7.11 Å². The third-order valence-electron chi connectivity index (χ3n) is 2.88. The van der Waals surface area contributed by atoms with Crippen LogP contribution in [0.4, 0.5) is 0 Å². The molecule has 0 aliphatic heterocycles. The summed E-state index contributed by atoms with van der Waals surface area (Å²) < 4.78 is 33.1. The van der Waals surface area contributed by atoms with Gasteiger partial charge in [-0.3, -0.25) is 4.79 Å². The van der Waals surface area contributed by atoms with Crippen LogP contribution in [0.15, 0.2) is 29.2 Å². The number of hydroxylamine groups is 1. The minimum atomic E-state index is -4.14. The van der Waals surface area contributed by atoms with Crippen molar-refractivity contribution in [3.63, 3.8) is 0 Å². The summed E-state index contributed by atoms with van der Waals surface area (Å²) in [5.74, 6) is -1.95. The van der Waals surface area contributed by atoms with Gasteiger partial charge in [-0.05, 0) is 19.1 Å². The molecule has 1 rings (SSSR count). The van der Waals surface area contributed by atoms with Crippen molar-refractivity contribution >= 4 is 21.9 Å². The number of carbonyl (C=O) groups excluding carboxylic acids is 2. The number of hydrogen-bond acceptors (Lipinski definition) is 7. The number of esters is 1. The van der Waals surface area contributed by atoms with E-state index in [-0.39, 0.29) is 4.90 Å². The summed E-state index contributed by atoms with van der Waals surface area (Å²) in [5.41, 5.74) is 2.88. The van der Waals surface area contributed by atoms with Crippen molar-refractivity contribution in [2.45, 2.75) is 31.7 Å². The van der Waals surface area contributed by atoms with Crippen molar-refractivity contribution in [3.8, 4) is 0 Å². The van der Waals surface area contributed by atoms with Crippen LogP contribution < -0.4 is 5.48 Å². The molecule has 0 amide bonds. The van der Waals surface area contributed by atoms with Crippen LogP contribution in [0, 0.1) is 12.8 Å². The highest BCUT2D eigenvalue weighted by atomic mass is 32.2. The summed E-state index contributed by atoms with van der Waals surface area (Å²) in [6.45, 7) is 4.97. The molecule has 1 aromatic rings. The molecule has 0 radical (unpaired) electrons. The lowest BCUT2D eigenvalue weighted by Crippen LogP contribution is -2.46. The molecule has 0 aromatic heterocycles. The Bertz CT molecular complexity index is 636. The zero-order valence-electron chi connectivity index (χ0n) is 12.8. The first-order valence-corrected chi connectivity index (χ1v) is 7.97. The van der Waals surface area contributed by atoms with Crippen LogP contribution in [0.3, 0.4) is 0 Å². The maximum absolute atomic E-state index is 12.0. The molecule has 0 fully saturated rings. The lowest BCUT2D eigenvalue weighted by Gasteiger charge is -2.16. The molecule has 1 aromatic carbocycles. The zero-order chi connectivity index (χ0) is 16.9. The third-order valence-corrected chi connectivity index (χ3v) is 4.04.